The van der Waals surface area contributed by atoms with Gasteiger partial charge in [0.05, 0.1) is 6.10 Å². The topological polar surface area (TPSA) is 39.4 Å². The van der Waals surface area contributed by atoms with Gasteiger partial charge < -0.3 is 13.9 Å². The molecule has 1 fully saturated rings. The third-order valence-electron chi connectivity index (χ3n) is 4.34. The fourth-order valence-electron chi connectivity index (χ4n) is 3.28. The minimum Gasteiger partial charge on any atom is -0.486 e. The zero-order chi connectivity index (χ0) is 16.2. The first kappa shape index (κ1) is 15.3. The first-order valence-electron chi connectivity index (χ1n) is 7.89. The predicted octanol–water partition coefficient (Wildman–Crippen LogP) is 5.37. The maximum Gasteiger partial charge on any atom is 0.177 e. The Hall–Kier alpha value is -2.55. The minimum atomic E-state index is 0.330. The molecule has 0 N–H and O–H groups in total. The molecule has 1 aliphatic carbocycles. The largest absolute Gasteiger partial charge is 0.486 e. The quantitative estimate of drug-likeness (QED) is 0.653. The van der Waals surface area contributed by atoms with Crippen molar-refractivity contribution in [2.24, 2.45) is 0 Å². The Balaban J connectivity index is 0.000000753. The van der Waals surface area contributed by atoms with Gasteiger partial charge in [0.1, 0.15) is 12.4 Å². The van der Waals surface area contributed by atoms with E-state index in [1.54, 1.807) is 0 Å². The first-order chi connectivity index (χ1) is 11.4. The van der Waals surface area contributed by atoms with Gasteiger partial charge in [-0.1, -0.05) is 36.9 Å². The van der Waals surface area contributed by atoms with Crippen molar-refractivity contribution in [2.75, 3.05) is 0 Å². The fourth-order valence-corrected chi connectivity index (χ4v) is 3.28. The highest BCUT2D eigenvalue weighted by Gasteiger charge is 2.20. The molecule has 3 nitrogen and oxygen atoms in total. The first-order valence-corrected chi connectivity index (χ1v) is 7.89. The second-order valence-corrected chi connectivity index (χ2v) is 5.68. The second kappa shape index (κ2) is 6.69. The van der Waals surface area contributed by atoms with Crippen LogP contribution in [0.15, 0.2) is 47.4 Å². The van der Waals surface area contributed by atoms with Crippen LogP contribution >= 0.6 is 0 Å². The Morgan fingerprint density at radius 2 is 1.83 bits per heavy atom. The van der Waals surface area contributed by atoms with Crippen molar-refractivity contribution in [1.82, 2.24) is 0 Å². The van der Waals surface area contributed by atoms with Gasteiger partial charge in [-0.25, -0.2) is 0 Å². The van der Waals surface area contributed by atoms with Crippen LogP contribution in [-0.2, 0) is 4.79 Å². The van der Waals surface area contributed by atoms with Crippen molar-refractivity contribution in [3.8, 4) is 5.75 Å². The molecule has 0 amide bonds. The van der Waals surface area contributed by atoms with Crippen molar-refractivity contribution < 1.29 is 13.9 Å². The van der Waals surface area contributed by atoms with Gasteiger partial charge >= 0.3 is 0 Å². The molecule has 0 radical (unpaired) electrons. The molecule has 0 unspecified atom stereocenters. The van der Waals surface area contributed by atoms with Crippen LogP contribution in [0.25, 0.3) is 28.0 Å². The van der Waals surface area contributed by atoms with E-state index in [1.165, 1.54) is 12.8 Å². The number of benzene rings is 2. The molecule has 23 heavy (non-hydrogen) atoms. The number of hydrogen-bond acceptors (Lipinski definition) is 3. The molecule has 2 aromatic carbocycles. The number of carbonyl (C=O) groups excluding carboxylic acids is 1. The van der Waals surface area contributed by atoms with Gasteiger partial charge in [-0.15, -0.1) is 0 Å². The Labute approximate surface area is 135 Å². The molecular formula is C20H20O3. The summed E-state index contributed by atoms with van der Waals surface area (Å²) >= 11 is 0. The molecule has 1 saturated carbocycles. The lowest BCUT2D eigenvalue weighted by Crippen LogP contribution is -2.10. The molecular weight excluding hydrogens is 288 g/mol. The highest BCUT2D eigenvalue weighted by atomic mass is 16.5. The van der Waals surface area contributed by atoms with Crippen LogP contribution in [0.5, 0.6) is 5.75 Å². The van der Waals surface area contributed by atoms with E-state index in [4.69, 9.17) is 13.9 Å². The maximum atomic E-state index is 8.00. The van der Waals surface area contributed by atoms with E-state index in [0.717, 1.165) is 46.1 Å². The third-order valence-corrected chi connectivity index (χ3v) is 4.34. The summed E-state index contributed by atoms with van der Waals surface area (Å²) in [6.45, 7) is 5.92. The van der Waals surface area contributed by atoms with Crippen LogP contribution in [0, 0.1) is 0 Å². The summed E-state index contributed by atoms with van der Waals surface area (Å²) in [7, 11) is 0. The smallest absolute Gasteiger partial charge is 0.177 e. The van der Waals surface area contributed by atoms with Gasteiger partial charge in [0.2, 0.25) is 0 Å². The molecule has 0 bridgehead atoms. The van der Waals surface area contributed by atoms with Gasteiger partial charge in [0.25, 0.3) is 0 Å². The van der Waals surface area contributed by atoms with Gasteiger partial charge in [0, 0.05) is 10.8 Å². The van der Waals surface area contributed by atoms with Crippen LogP contribution in [-0.4, -0.2) is 12.9 Å². The lowest BCUT2D eigenvalue weighted by molar-refractivity contribution is -0.0979. The number of hydrogen-bond donors (Lipinski definition) is 0. The maximum absolute atomic E-state index is 8.00. The molecule has 0 spiro atoms. The second-order valence-electron chi connectivity index (χ2n) is 5.68. The summed E-state index contributed by atoms with van der Waals surface area (Å²) in [6, 6.07) is 12.2. The van der Waals surface area contributed by atoms with E-state index in [-0.39, 0.29) is 0 Å². The Kier molecular flexibility index (Phi) is 4.47. The van der Waals surface area contributed by atoms with Crippen molar-refractivity contribution in [1.29, 1.82) is 0 Å². The Morgan fingerprint density at radius 1 is 1.09 bits per heavy atom. The summed E-state index contributed by atoms with van der Waals surface area (Å²) in [5.41, 5.74) is 2.84. The highest BCUT2D eigenvalue weighted by molar-refractivity contribution is 6.10. The van der Waals surface area contributed by atoms with E-state index in [2.05, 4.69) is 18.7 Å². The standard InChI is InChI=1S/C19H18O2.CH2O/c1-2-13-11-12-17(20-14-7-3-4-8-14)19-18(13)15-9-5-6-10-16(15)21-19;1-2/h2,5-6,9-12,14H,1,3-4,7-8H2;1H2. The molecule has 1 aliphatic rings. The molecule has 4 rings (SSSR count). The lowest BCUT2D eigenvalue weighted by Gasteiger charge is -2.13. The van der Waals surface area contributed by atoms with Crippen LogP contribution in [0.4, 0.5) is 0 Å². The van der Waals surface area contributed by atoms with E-state index in [9.17, 15) is 0 Å². The molecule has 1 aromatic heterocycles. The van der Waals surface area contributed by atoms with Gasteiger partial charge in [-0.3, -0.25) is 0 Å². The van der Waals surface area contributed by atoms with Gasteiger partial charge in [-0.05, 0) is 43.4 Å². The fraction of sp³-hybridized carbons (Fsp3) is 0.250. The van der Waals surface area contributed by atoms with Crippen molar-refractivity contribution >= 4 is 34.8 Å². The summed E-state index contributed by atoms with van der Waals surface area (Å²) in [5.74, 6) is 0.860. The van der Waals surface area contributed by atoms with Crippen molar-refractivity contribution in [3.63, 3.8) is 0 Å². The van der Waals surface area contributed by atoms with Gasteiger partial charge in [0.15, 0.2) is 11.3 Å². The monoisotopic (exact) mass is 308 g/mol. The number of rotatable bonds is 3. The van der Waals surface area contributed by atoms with E-state index in [1.807, 2.05) is 37.1 Å². The van der Waals surface area contributed by atoms with Gasteiger partial charge in [-0.2, -0.15) is 0 Å². The molecule has 1 heterocycles. The van der Waals surface area contributed by atoms with E-state index < -0.39 is 0 Å². The highest BCUT2D eigenvalue weighted by Crippen LogP contribution is 2.38. The molecule has 118 valence electrons. The predicted molar refractivity (Wildman–Crippen MR) is 93.8 cm³/mol. The van der Waals surface area contributed by atoms with E-state index >= 15 is 0 Å². The van der Waals surface area contributed by atoms with Crippen LogP contribution in [0.2, 0.25) is 0 Å². The number of para-hydroxylation sites is 1. The van der Waals surface area contributed by atoms with Crippen LogP contribution in [0.1, 0.15) is 31.2 Å². The van der Waals surface area contributed by atoms with Crippen molar-refractivity contribution in [3.05, 3.63) is 48.5 Å². The lowest BCUT2D eigenvalue weighted by atomic mass is 10.1. The summed E-state index contributed by atoms with van der Waals surface area (Å²) in [4.78, 5) is 8.00. The average molecular weight is 308 g/mol. The summed E-state index contributed by atoms with van der Waals surface area (Å²) < 4.78 is 12.3. The molecule has 0 atom stereocenters. The number of ether oxygens (including phenoxy) is 1. The van der Waals surface area contributed by atoms with Crippen LogP contribution in [0.3, 0.4) is 0 Å². The summed E-state index contributed by atoms with van der Waals surface area (Å²) in [6.07, 6.45) is 7.02. The number of carbonyl (C=O) groups is 1. The zero-order valence-electron chi connectivity index (χ0n) is 13.1. The minimum absolute atomic E-state index is 0.330. The Bertz CT molecular complexity index is 825. The SMILES string of the molecule is C=Cc1ccc(OC2CCCC2)c2oc3ccccc3c12.C=O. The molecule has 3 heteroatoms. The van der Waals surface area contributed by atoms with E-state index in [0.29, 0.717) is 6.10 Å². The summed E-state index contributed by atoms with van der Waals surface area (Å²) in [5, 5.41) is 2.23. The Morgan fingerprint density at radius 3 is 2.57 bits per heavy atom. The van der Waals surface area contributed by atoms with Crippen LogP contribution < -0.4 is 4.74 Å². The zero-order valence-corrected chi connectivity index (χ0v) is 13.1. The third kappa shape index (κ3) is 2.74. The number of furan rings is 1. The molecule has 0 saturated heterocycles. The number of fused-ring (bicyclic) bond motifs is 3. The normalized spacial score (nSPS) is 14.6. The van der Waals surface area contributed by atoms with Crippen molar-refractivity contribution in [2.45, 2.75) is 31.8 Å². The molecule has 3 aromatic rings. The molecule has 0 aliphatic heterocycles. The average Bonchev–Trinajstić information content (AvgIpc) is 3.25.